The van der Waals surface area contributed by atoms with Gasteiger partial charge in [0.25, 0.3) is 0 Å². The van der Waals surface area contributed by atoms with Crippen molar-refractivity contribution in [3.63, 3.8) is 0 Å². The van der Waals surface area contributed by atoms with Gasteiger partial charge < -0.3 is 14.6 Å². The Labute approximate surface area is 244 Å². The normalized spacial score (nSPS) is 11.7. The second-order valence-corrected chi connectivity index (χ2v) is 11.7. The molecule has 0 saturated heterocycles. The number of aromatic hydroxyl groups is 1. The van der Waals surface area contributed by atoms with Crippen molar-refractivity contribution in [2.75, 3.05) is 0 Å². The molecule has 3 nitrogen and oxygen atoms in total. The third-order valence-electron chi connectivity index (χ3n) is 7.18. The van der Waals surface area contributed by atoms with Gasteiger partial charge in [0.15, 0.2) is 0 Å². The van der Waals surface area contributed by atoms with Crippen LogP contribution in [0.2, 0.25) is 0 Å². The summed E-state index contributed by atoms with van der Waals surface area (Å²) >= 11 is 0. The first-order valence-electron chi connectivity index (χ1n) is 14.2. The van der Waals surface area contributed by atoms with Crippen molar-refractivity contribution < 1.29 is 14.6 Å². The Morgan fingerprint density at radius 3 is 1.44 bits per heavy atom. The van der Waals surface area contributed by atoms with Gasteiger partial charge in [-0.05, 0) is 62.6 Å². The summed E-state index contributed by atoms with van der Waals surface area (Å²) in [6.07, 6.45) is 1.16. The lowest BCUT2D eigenvalue weighted by atomic mass is 9.88. The van der Waals surface area contributed by atoms with E-state index in [4.69, 9.17) is 9.47 Å². The fraction of sp³-hybridized carbons (Fsp3) is 0.211. The number of rotatable bonds is 10. The van der Waals surface area contributed by atoms with Crippen LogP contribution in [0.25, 0.3) is 22.3 Å². The van der Waals surface area contributed by atoms with Crippen LogP contribution < -0.4 is 9.47 Å². The number of ether oxygens (including phenoxy) is 2. The molecule has 5 aromatic carbocycles. The van der Waals surface area contributed by atoms with E-state index < -0.39 is 11.2 Å². The first-order valence-corrected chi connectivity index (χ1v) is 14.2. The third kappa shape index (κ3) is 6.99. The van der Waals surface area contributed by atoms with Crippen molar-refractivity contribution in [3.05, 3.63) is 139 Å². The smallest absolute Gasteiger partial charge is 0.127 e. The van der Waals surface area contributed by atoms with E-state index >= 15 is 0 Å². The third-order valence-corrected chi connectivity index (χ3v) is 7.18. The van der Waals surface area contributed by atoms with Crippen molar-refractivity contribution in [2.45, 2.75) is 51.7 Å². The summed E-state index contributed by atoms with van der Waals surface area (Å²) in [5.74, 6) is 1.93. The van der Waals surface area contributed by atoms with Gasteiger partial charge in [0.2, 0.25) is 0 Å². The minimum Gasteiger partial charge on any atom is -0.508 e. The highest BCUT2D eigenvalue weighted by atomic mass is 16.5. The largest absolute Gasteiger partial charge is 0.508 e. The molecular weight excluding hydrogens is 504 g/mol. The molecule has 41 heavy (non-hydrogen) atoms. The minimum absolute atomic E-state index is 0.274. The molecule has 5 aromatic rings. The van der Waals surface area contributed by atoms with Crippen LogP contribution in [0, 0.1) is 0 Å². The average Bonchev–Trinajstić information content (AvgIpc) is 2.96. The lowest BCUT2D eigenvalue weighted by Crippen LogP contribution is -2.34. The molecule has 0 fully saturated rings. The average molecular weight is 543 g/mol. The summed E-state index contributed by atoms with van der Waals surface area (Å²) in [5, 5.41) is 11.0. The van der Waals surface area contributed by atoms with Gasteiger partial charge in [-0.2, -0.15) is 0 Å². The Bertz CT molecular complexity index is 1590. The van der Waals surface area contributed by atoms with Crippen LogP contribution in [0.4, 0.5) is 0 Å². The molecule has 0 atom stereocenters. The predicted molar refractivity (Wildman–Crippen MR) is 169 cm³/mol. The molecule has 208 valence electrons. The van der Waals surface area contributed by atoms with Gasteiger partial charge in [0.1, 0.15) is 28.5 Å². The lowest BCUT2D eigenvalue weighted by molar-refractivity contribution is 0.103. The number of hydrogen-bond acceptors (Lipinski definition) is 3. The molecule has 0 radical (unpaired) electrons. The second kappa shape index (κ2) is 11.9. The van der Waals surface area contributed by atoms with Crippen molar-refractivity contribution in [1.29, 1.82) is 0 Å². The van der Waals surface area contributed by atoms with Gasteiger partial charge in [0.05, 0.1) is 0 Å². The maximum atomic E-state index is 11.0. The highest BCUT2D eigenvalue weighted by molar-refractivity contribution is 5.71. The zero-order valence-electron chi connectivity index (χ0n) is 24.3. The van der Waals surface area contributed by atoms with Gasteiger partial charge >= 0.3 is 0 Å². The van der Waals surface area contributed by atoms with E-state index in [1.54, 1.807) is 6.07 Å². The Morgan fingerprint density at radius 2 is 0.927 bits per heavy atom. The van der Waals surface area contributed by atoms with Crippen molar-refractivity contribution >= 4 is 0 Å². The van der Waals surface area contributed by atoms with Crippen LogP contribution in [-0.2, 0) is 12.8 Å². The van der Waals surface area contributed by atoms with Gasteiger partial charge in [-0.3, -0.25) is 0 Å². The van der Waals surface area contributed by atoms with Crippen LogP contribution in [0.1, 0.15) is 38.8 Å². The predicted octanol–water partition coefficient (Wildman–Crippen LogP) is 9.53. The Morgan fingerprint density at radius 1 is 0.488 bits per heavy atom. The maximum Gasteiger partial charge on any atom is 0.127 e. The summed E-state index contributed by atoms with van der Waals surface area (Å²) in [4.78, 5) is 0. The van der Waals surface area contributed by atoms with Crippen LogP contribution in [-0.4, -0.2) is 16.3 Å². The van der Waals surface area contributed by atoms with E-state index in [-0.39, 0.29) is 5.75 Å². The minimum atomic E-state index is -0.580. The van der Waals surface area contributed by atoms with Crippen LogP contribution in [0.3, 0.4) is 0 Å². The molecule has 0 aliphatic heterocycles. The number of phenols is 1. The SMILES string of the molecule is CC(C)(Cc1cccc(O)c1CC(C)(C)Oc1ccccc1-c1ccccc1)Oc1ccccc1-c1ccccc1. The summed E-state index contributed by atoms with van der Waals surface area (Å²) in [5.41, 5.74) is 5.14. The Hall–Kier alpha value is -4.50. The first-order chi connectivity index (χ1) is 19.7. The molecule has 0 heterocycles. The fourth-order valence-corrected chi connectivity index (χ4v) is 5.37. The number of para-hydroxylation sites is 2. The lowest BCUT2D eigenvalue weighted by Gasteiger charge is -2.32. The van der Waals surface area contributed by atoms with Gasteiger partial charge in [-0.1, -0.05) is 109 Å². The van der Waals surface area contributed by atoms with Crippen molar-refractivity contribution in [2.24, 2.45) is 0 Å². The highest BCUT2D eigenvalue weighted by Gasteiger charge is 2.29. The van der Waals surface area contributed by atoms with Crippen molar-refractivity contribution in [3.8, 4) is 39.5 Å². The fourth-order valence-electron chi connectivity index (χ4n) is 5.37. The van der Waals surface area contributed by atoms with Gasteiger partial charge in [-0.15, -0.1) is 0 Å². The summed E-state index contributed by atoms with van der Waals surface area (Å²) in [7, 11) is 0. The first kappa shape index (κ1) is 28.0. The molecule has 0 aromatic heterocycles. The van der Waals surface area contributed by atoms with E-state index in [0.29, 0.717) is 12.8 Å². The molecule has 5 rings (SSSR count). The monoisotopic (exact) mass is 542 g/mol. The zero-order chi connectivity index (χ0) is 28.9. The second-order valence-electron chi connectivity index (χ2n) is 11.7. The Balaban J connectivity index is 1.38. The van der Waals surface area contributed by atoms with E-state index in [2.05, 4.69) is 70.2 Å². The topological polar surface area (TPSA) is 38.7 Å². The maximum absolute atomic E-state index is 11.0. The van der Waals surface area contributed by atoms with E-state index in [1.165, 1.54) is 0 Å². The molecule has 0 saturated carbocycles. The number of benzene rings is 5. The van der Waals surface area contributed by atoms with Crippen LogP contribution in [0.15, 0.2) is 127 Å². The zero-order valence-corrected chi connectivity index (χ0v) is 24.3. The van der Waals surface area contributed by atoms with Crippen LogP contribution in [0.5, 0.6) is 17.2 Å². The molecule has 3 heteroatoms. The molecule has 0 aliphatic carbocycles. The summed E-state index contributed by atoms with van der Waals surface area (Å²) in [6, 6.07) is 42.6. The molecule has 0 spiro atoms. The highest BCUT2D eigenvalue weighted by Crippen LogP contribution is 2.37. The molecule has 0 unspecified atom stereocenters. The molecule has 0 aliphatic rings. The number of phenolic OH excluding ortho intramolecular Hbond substituents is 1. The van der Waals surface area contributed by atoms with Gasteiger partial charge in [0, 0.05) is 29.5 Å². The molecule has 0 amide bonds. The Kier molecular flexibility index (Phi) is 8.16. The van der Waals surface area contributed by atoms with E-state index in [0.717, 1.165) is 44.9 Å². The van der Waals surface area contributed by atoms with E-state index in [1.807, 2.05) is 78.9 Å². The number of hydrogen-bond donors (Lipinski definition) is 1. The summed E-state index contributed by atoms with van der Waals surface area (Å²) in [6.45, 7) is 8.34. The summed E-state index contributed by atoms with van der Waals surface area (Å²) < 4.78 is 13.3. The van der Waals surface area contributed by atoms with Crippen LogP contribution >= 0.6 is 0 Å². The molecule has 1 N–H and O–H groups in total. The molecule has 0 bridgehead atoms. The molecular formula is C38H38O3. The standard InChI is InChI=1S/C38H38O3/c1-37(2,40-35-24-13-11-21-31(35)28-16-7-5-8-17-28)26-30-20-15-23-34(39)33(30)27-38(3,4)41-36-25-14-12-22-32(36)29-18-9-6-10-19-29/h5-25,39H,26-27H2,1-4H3. The van der Waals surface area contributed by atoms with E-state index in [9.17, 15) is 5.11 Å². The van der Waals surface area contributed by atoms with Gasteiger partial charge in [-0.25, -0.2) is 0 Å². The van der Waals surface area contributed by atoms with Crippen molar-refractivity contribution in [1.82, 2.24) is 0 Å². The quantitative estimate of drug-likeness (QED) is 0.191.